The van der Waals surface area contributed by atoms with Crippen LogP contribution >= 0.6 is 0 Å². The second-order valence-corrected chi connectivity index (χ2v) is 5.08. The van der Waals surface area contributed by atoms with Gasteiger partial charge in [0.15, 0.2) is 0 Å². The molecule has 0 spiro atoms. The van der Waals surface area contributed by atoms with Gasteiger partial charge in [-0.25, -0.2) is 0 Å². The molecule has 1 N–H and O–H groups in total. The van der Waals surface area contributed by atoms with E-state index in [0.717, 1.165) is 5.92 Å². The summed E-state index contributed by atoms with van der Waals surface area (Å²) in [6.45, 7) is 2.15. The van der Waals surface area contributed by atoms with Gasteiger partial charge in [0, 0.05) is 6.04 Å². The van der Waals surface area contributed by atoms with Crippen molar-refractivity contribution in [2.45, 2.75) is 45.1 Å². The highest BCUT2D eigenvalue weighted by atomic mass is 14.9. The second kappa shape index (κ2) is 5.49. The number of hydrogen-bond donors (Lipinski definition) is 1. The van der Waals surface area contributed by atoms with E-state index < -0.39 is 0 Å². The molecule has 0 saturated heterocycles. The Hall–Kier alpha value is -0.820. The molecule has 0 radical (unpaired) electrons. The first kappa shape index (κ1) is 11.7. The minimum Gasteiger partial charge on any atom is -0.313 e. The Morgan fingerprint density at radius 1 is 1.06 bits per heavy atom. The number of nitrogens with one attached hydrogen (secondary N) is 1. The van der Waals surface area contributed by atoms with Crippen molar-refractivity contribution in [2.24, 2.45) is 5.92 Å². The van der Waals surface area contributed by atoms with Gasteiger partial charge in [-0.3, -0.25) is 0 Å². The predicted octanol–water partition coefficient (Wildman–Crippen LogP) is 3.84. The molecule has 1 fully saturated rings. The lowest BCUT2D eigenvalue weighted by Gasteiger charge is -2.30. The van der Waals surface area contributed by atoms with Crippen LogP contribution < -0.4 is 5.32 Å². The van der Waals surface area contributed by atoms with Crippen LogP contribution in [0.25, 0.3) is 0 Å². The molecule has 1 saturated carbocycles. The molecule has 2 rings (SSSR count). The van der Waals surface area contributed by atoms with Crippen LogP contribution in [0.2, 0.25) is 0 Å². The lowest BCUT2D eigenvalue weighted by Crippen LogP contribution is -2.26. The third kappa shape index (κ3) is 2.65. The standard InChI is InChI=1S/C15H23N/c1-12-8-10-14(11-9-12)15(16-2)13-6-4-3-5-7-13/h8-11,13,15-16H,3-7H2,1-2H3. The molecule has 1 aromatic carbocycles. The molecule has 1 atom stereocenters. The molecule has 1 aliphatic rings. The van der Waals surface area contributed by atoms with Gasteiger partial charge in [0.1, 0.15) is 0 Å². The van der Waals surface area contributed by atoms with Crippen molar-refractivity contribution in [2.75, 3.05) is 7.05 Å². The monoisotopic (exact) mass is 217 g/mol. The molecule has 1 heteroatoms. The summed E-state index contributed by atoms with van der Waals surface area (Å²) >= 11 is 0. The minimum atomic E-state index is 0.556. The first-order chi connectivity index (χ1) is 7.81. The average molecular weight is 217 g/mol. The zero-order valence-electron chi connectivity index (χ0n) is 10.5. The van der Waals surface area contributed by atoms with Gasteiger partial charge in [0.05, 0.1) is 0 Å². The van der Waals surface area contributed by atoms with Crippen LogP contribution in [-0.4, -0.2) is 7.05 Å². The first-order valence-electron chi connectivity index (χ1n) is 6.55. The van der Waals surface area contributed by atoms with Crippen molar-refractivity contribution in [3.8, 4) is 0 Å². The van der Waals surface area contributed by atoms with Crippen molar-refractivity contribution < 1.29 is 0 Å². The van der Waals surface area contributed by atoms with Gasteiger partial charge in [-0.05, 0) is 38.3 Å². The van der Waals surface area contributed by atoms with E-state index in [9.17, 15) is 0 Å². The highest BCUT2D eigenvalue weighted by molar-refractivity contribution is 5.24. The molecule has 1 aliphatic carbocycles. The summed E-state index contributed by atoms with van der Waals surface area (Å²) in [6, 6.07) is 9.57. The van der Waals surface area contributed by atoms with Gasteiger partial charge in [-0.1, -0.05) is 49.1 Å². The Morgan fingerprint density at radius 2 is 1.69 bits per heavy atom. The van der Waals surface area contributed by atoms with Gasteiger partial charge >= 0.3 is 0 Å². The van der Waals surface area contributed by atoms with Crippen LogP contribution in [-0.2, 0) is 0 Å². The normalized spacial score (nSPS) is 19.6. The van der Waals surface area contributed by atoms with E-state index in [-0.39, 0.29) is 0 Å². The van der Waals surface area contributed by atoms with Gasteiger partial charge < -0.3 is 5.32 Å². The summed E-state index contributed by atoms with van der Waals surface area (Å²) < 4.78 is 0. The highest BCUT2D eigenvalue weighted by Crippen LogP contribution is 2.34. The molecular weight excluding hydrogens is 194 g/mol. The maximum atomic E-state index is 3.51. The Balaban J connectivity index is 2.11. The summed E-state index contributed by atoms with van der Waals surface area (Å²) in [5.41, 5.74) is 2.81. The van der Waals surface area contributed by atoms with Crippen molar-refractivity contribution in [1.29, 1.82) is 0 Å². The SMILES string of the molecule is CNC(c1ccc(C)cc1)C1CCCCC1. The van der Waals surface area contributed by atoms with Crippen LogP contribution in [0.5, 0.6) is 0 Å². The van der Waals surface area contributed by atoms with Crippen molar-refractivity contribution in [3.05, 3.63) is 35.4 Å². The molecule has 0 bridgehead atoms. The molecule has 1 unspecified atom stereocenters. The third-order valence-corrected chi connectivity index (χ3v) is 3.87. The third-order valence-electron chi connectivity index (χ3n) is 3.87. The van der Waals surface area contributed by atoms with E-state index in [1.54, 1.807) is 0 Å². The van der Waals surface area contributed by atoms with E-state index in [0.29, 0.717) is 6.04 Å². The Labute approximate surface area is 99.3 Å². The number of benzene rings is 1. The topological polar surface area (TPSA) is 12.0 Å². The molecular formula is C15H23N. The lowest BCUT2D eigenvalue weighted by molar-refractivity contribution is 0.281. The van der Waals surface area contributed by atoms with Crippen LogP contribution in [0.4, 0.5) is 0 Å². The molecule has 0 amide bonds. The van der Waals surface area contributed by atoms with E-state index in [2.05, 4.69) is 43.6 Å². The Bertz CT molecular complexity index is 309. The Kier molecular flexibility index (Phi) is 4.00. The average Bonchev–Trinajstić information content (AvgIpc) is 2.34. The lowest BCUT2D eigenvalue weighted by atomic mass is 9.81. The first-order valence-corrected chi connectivity index (χ1v) is 6.55. The van der Waals surface area contributed by atoms with Gasteiger partial charge in [-0.2, -0.15) is 0 Å². The van der Waals surface area contributed by atoms with Crippen LogP contribution in [0, 0.1) is 12.8 Å². The maximum Gasteiger partial charge on any atom is 0.0346 e. The minimum absolute atomic E-state index is 0.556. The van der Waals surface area contributed by atoms with E-state index in [1.165, 1.54) is 43.2 Å². The molecule has 1 aromatic rings. The fraction of sp³-hybridized carbons (Fsp3) is 0.600. The molecule has 88 valence electrons. The quantitative estimate of drug-likeness (QED) is 0.811. The summed E-state index contributed by atoms with van der Waals surface area (Å²) in [6.07, 6.45) is 7.03. The summed E-state index contributed by atoms with van der Waals surface area (Å²) in [5.74, 6) is 0.835. The summed E-state index contributed by atoms with van der Waals surface area (Å²) in [4.78, 5) is 0. The number of hydrogen-bond acceptors (Lipinski definition) is 1. The molecule has 16 heavy (non-hydrogen) atoms. The van der Waals surface area contributed by atoms with Crippen LogP contribution in [0.3, 0.4) is 0 Å². The summed E-state index contributed by atoms with van der Waals surface area (Å²) in [5, 5.41) is 3.51. The fourth-order valence-corrected chi connectivity index (χ4v) is 2.92. The van der Waals surface area contributed by atoms with E-state index in [1.807, 2.05) is 0 Å². The number of aryl methyl sites for hydroxylation is 1. The van der Waals surface area contributed by atoms with Gasteiger partial charge in [-0.15, -0.1) is 0 Å². The molecule has 0 heterocycles. The van der Waals surface area contributed by atoms with E-state index in [4.69, 9.17) is 0 Å². The molecule has 0 aromatic heterocycles. The Morgan fingerprint density at radius 3 is 2.25 bits per heavy atom. The van der Waals surface area contributed by atoms with Gasteiger partial charge in [0.25, 0.3) is 0 Å². The zero-order valence-corrected chi connectivity index (χ0v) is 10.5. The van der Waals surface area contributed by atoms with Crippen molar-refractivity contribution in [3.63, 3.8) is 0 Å². The fourth-order valence-electron chi connectivity index (χ4n) is 2.92. The highest BCUT2D eigenvalue weighted by Gasteiger charge is 2.23. The second-order valence-electron chi connectivity index (χ2n) is 5.08. The van der Waals surface area contributed by atoms with Crippen LogP contribution in [0.1, 0.15) is 49.3 Å². The predicted molar refractivity (Wildman–Crippen MR) is 69.6 cm³/mol. The zero-order chi connectivity index (χ0) is 11.4. The number of rotatable bonds is 3. The van der Waals surface area contributed by atoms with E-state index >= 15 is 0 Å². The largest absolute Gasteiger partial charge is 0.313 e. The maximum absolute atomic E-state index is 3.51. The van der Waals surface area contributed by atoms with Crippen LogP contribution in [0.15, 0.2) is 24.3 Å². The van der Waals surface area contributed by atoms with Crippen molar-refractivity contribution in [1.82, 2.24) is 5.32 Å². The van der Waals surface area contributed by atoms with Gasteiger partial charge in [0.2, 0.25) is 0 Å². The van der Waals surface area contributed by atoms with Crippen molar-refractivity contribution >= 4 is 0 Å². The molecule has 1 nitrogen and oxygen atoms in total. The molecule has 0 aliphatic heterocycles. The smallest absolute Gasteiger partial charge is 0.0346 e. The summed E-state index contributed by atoms with van der Waals surface area (Å²) in [7, 11) is 2.10.